The summed E-state index contributed by atoms with van der Waals surface area (Å²) < 4.78 is 12.7. The second-order valence-corrected chi connectivity index (χ2v) is 6.92. The quantitative estimate of drug-likeness (QED) is 0.481. The maximum absolute atomic E-state index is 5.49. The summed E-state index contributed by atoms with van der Waals surface area (Å²) in [5, 5.41) is 0. The van der Waals surface area contributed by atoms with E-state index in [1.165, 1.54) is 5.56 Å². The molecule has 2 nitrogen and oxygen atoms in total. The van der Waals surface area contributed by atoms with E-state index in [2.05, 4.69) is 63.8 Å². The van der Waals surface area contributed by atoms with Gasteiger partial charge in [-0.3, -0.25) is 0 Å². The molecule has 0 aliphatic carbocycles. The zero-order chi connectivity index (χ0) is 17.9. The summed E-state index contributed by atoms with van der Waals surface area (Å²) in [6.07, 6.45) is 3.61. The van der Waals surface area contributed by atoms with E-state index in [4.69, 9.17) is 9.47 Å². The standard InChI is InChI=1S/C10H9BrO.C10H13BrO/c1-3-7-12-10-8(2)5-4-6-9(10)11;1-3-4-12-10-6-8(2)5-9(11)7-10/h4-6H,1-2H3;5-7H,3-4H2,1-2H3. The molecular formula is C20H22Br2O2. The van der Waals surface area contributed by atoms with Crippen LogP contribution in [0, 0.1) is 25.9 Å². The van der Waals surface area contributed by atoms with Gasteiger partial charge in [0.25, 0.3) is 0 Å². The van der Waals surface area contributed by atoms with E-state index in [-0.39, 0.29) is 0 Å². The molecule has 0 heterocycles. The Kier molecular flexibility index (Phi) is 9.59. The van der Waals surface area contributed by atoms with Crippen LogP contribution in [0.15, 0.2) is 45.3 Å². The summed E-state index contributed by atoms with van der Waals surface area (Å²) in [6.45, 7) is 8.67. The number of rotatable bonds is 4. The highest BCUT2D eigenvalue weighted by atomic mass is 79.9. The number of hydrogen-bond donors (Lipinski definition) is 0. The molecule has 0 N–H and O–H groups in total. The van der Waals surface area contributed by atoms with Crippen LogP contribution in [0.1, 0.15) is 31.4 Å². The van der Waals surface area contributed by atoms with E-state index in [1.807, 2.05) is 37.3 Å². The van der Waals surface area contributed by atoms with Gasteiger partial charge in [0.15, 0.2) is 5.75 Å². The zero-order valence-electron chi connectivity index (χ0n) is 14.5. The van der Waals surface area contributed by atoms with Gasteiger partial charge in [0, 0.05) is 11.4 Å². The third-order valence-corrected chi connectivity index (χ3v) is 3.99. The van der Waals surface area contributed by atoms with Gasteiger partial charge < -0.3 is 9.47 Å². The molecule has 2 rings (SSSR count). The summed E-state index contributed by atoms with van der Waals surface area (Å²) in [4.78, 5) is 0. The highest BCUT2D eigenvalue weighted by molar-refractivity contribution is 9.10. The fourth-order valence-corrected chi connectivity index (χ4v) is 2.99. The Balaban J connectivity index is 0.000000240. The van der Waals surface area contributed by atoms with Crippen molar-refractivity contribution in [3.05, 3.63) is 56.5 Å². The molecule has 0 saturated heterocycles. The number of para-hydroxylation sites is 1. The van der Waals surface area contributed by atoms with Crippen molar-refractivity contribution in [2.75, 3.05) is 6.61 Å². The van der Waals surface area contributed by atoms with Crippen molar-refractivity contribution in [1.29, 1.82) is 0 Å². The van der Waals surface area contributed by atoms with Gasteiger partial charge in [-0.25, -0.2) is 0 Å². The van der Waals surface area contributed by atoms with Gasteiger partial charge in [-0.1, -0.05) is 40.9 Å². The van der Waals surface area contributed by atoms with Crippen LogP contribution >= 0.6 is 31.9 Å². The van der Waals surface area contributed by atoms with E-state index in [9.17, 15) is 0 Å². The van der Waals surface area contributed by atoms with Crippen molar-refractivity contribution < 1.29 is 9.47 Å². The fraction of sp³-hybridized carbons (Fsp3) is 0.300. The Labute approximate surface area is 161 Å². The second kappa shape index (κ2) is 11.2. The lowest BCUT2D eigenvalue weighted by molar-refractivity contribution is 0.317. The molecule has 2 aromatic rings. The van der Waals surface area contributed by atoms with Crippen LogP contribution in [-0.4, -0.2) is 6.61 Å². The smallest absolute Gasteiger partial charge is 0.157 e. The fourth-order valence-electron chi connectivity index (χ4n) is 1.85. The third kappa shape index (κ3) is 7.42. The van der Waals surface area contributed by atoms with Gasteiger partial charge in [-0.2, -0.15) is 0 Å². The highest BCUT2D eigenvalue weighted by Gasteiger charge is 2.02. The van der Waals surface area contributed by atoms with Crippen LogP contribution in [0.4, 0.5) is 0 Å². The van der Waals surface area contributed by atoms with E-state index in [0.717, 1.165) is 39.0 Å². The molecule has 0 aliphatic rings. The van der Waals surface area contributed by atoms with Crippen molar-refractivity contribution in [3.8, 4) is 23.5 Å². The predicted molar refractivity (Wildman–Crippen MR) is 108 cm³/mol. The van der Waals surface area contributed by atoms with Crippen LogP contribution in [0.3, 0.4) is 0 Å². The topological polar surface area (TPSA) is 18.5 Å². The van der Waals surface area contributed by atoms with Gasteiger partial charge in [0.2, 0.25) is 0 Å². The maximum atomic E-state index is 5.49. The van der Waals surface area contributed by atoms with Crippen molar-refractivity contribution in [2.24, 2.45) is 0 Å². The first kappa shape index (κ1) is 20.6. The average molecular weight is 454 g/mol. The predicted octanol–water partition coefficient (Wildman–Crippen LogP) is 6.66. The molecular weight excluding hydrogens is 432 g/mol. The molecule has 128 valence electrons. The molecule has 0 bridgehead atoms. The van der Waals surface area contributed by atoms with Gasteiger partial charge >= 0.3 is 0 Å². The summed E-state index contributed by atoms with van der Waals surface area (Å²) in [7, 11) is 0. The zero-order valence-corrected chi connectivity index (χ0v) is 17.6. The minimum absolute atomic E-state index is 0.788. The van der Waals surface area contributed by atoms with Crippen molar-refractivity contribution in [1.82, 2.24) is 0 Å². The molecule has 2 aromatic carbocycles. The molecule has 0 aliphatic heterocycles. The Morgan fingerprint density at radius 1 is 1.08 bits per heavy atom. The lowest BCUT2D eigenvalue weighted by atomic mass is 10.2. The molecule has 4 heteroatoms. The molecule has 0 saturated carbocycles. The SMILES string of the molecule is CC#COc1c(C)cccc1Br.CCCOc1cc(C)cc(Br)c1. The van der Waals surface area contributed by atoms with Crippen molar-refractivity contribution >= 4 is 31.9 Å². The number of hydrogen-bond acceptors (Lipinski definition) is 2. The maximum Gasteiger partial charge on any atom is 0.157 e. The van der Waals surface area contributed by atoms with E-state index >= 15 is 0 Å². The van der Waals surface area contributed by atoms with E-state index in [0.29, 0.717) is 0 Å². The summed E-state index contributed by atoms with van der Waals surface area (Å²) in [5.74, 6) is 4.42. The van der Waals surface area contributed by atoms with Crippen LogP contribution in [0.2, 0.25) is 0 Å². The van der Waals surface area contributed by atoms with Crippen LogP contribution < -0.4 is 9.47 Å². The monoisotopic (exact) mass is 452 g/mol. The van der Waals surface area contributed by atoms with Crippen LogP contribution in [0.25, 0.3) is 0 Å². The normalized spacial score (nSPS) is 9.25. The largest absolute Gasteiger partial charge is 0.494 e. The van der Waals surface area contributed by atoms with E-state index in [1.54, 1.807) is 6.92 Å². The number of benzene rings is 2. The molecule has 0 unspecified atom stereocenters. The Morgan fingerprint density at radius 2 is 1.83 bits per heavy atom. The summed E-state index contributed by atoms with van der Waals surface area (Å²) in [5.41, 5.74) is 2.29. The minimum Gasteiger partial charge on any atom is -0.494 e. The molecule has 0 radical (unpaired) electrons. The van der Waals surface area contributed by atoms with Gasteiger partial charge in [0.05, 0.1) is 11.1 Å². The Hall–Kier alpha value is -1.44. The van der Waals surface area contributed by atoms with E-state index < -0.39 is 0 Å². The molecule has 0 atom stereocenters. The summed E-state index contributed by atoms with van der Waals surface area (Å²) >= 11 is 6.81. The van der Waals surface area contributed by atoms with Gasteiger partial charge in [-0.15, -0.1) is 0 Å². The minimum atomic E-state index is 0.788. The molecule has 24 heavy (non-hydrogen) atoms. The second-order valence-electron chi connectivity index (χ2n) is 5.15. The number of ether oxygens (including phenoxy) is 2. The summed E-state index contributed by atoms with van der Waals surface area (Å²) in [6, 6.07) is 12.0. The number of aryl methyl sites for hydroxylation is 2. The van der Waals surface area contributed by atoms with Crippen LogP contribution in [0.5, 0.6) is 11.5 Å². The van der Waals surface area contributed by atoms with Gasteiger partial charge in [-0.05, 0) is 71.6 Å². The lowest BCUT2D eigenvalue weighted by Gasteiger charge is -2.05. The third-order valence-electron chi connectivity index (χ3n) is 2.91. The van der Waals surface area contributed by atoms with Crippen molar-refractivity contribution in [2.45, 2.75) is 34.1 Å². The first-order chi connectivity index (χ1) is 11.5. The molecule has 0 amide bonds. The Morgan fingerprint density at radius 3 is 2.42 bits per heavy atom. The molecule has 0 fully saturated rings. The highest BCUT2D eigenvalue weighted by Crippen LogP contribution is 2.27. The van der Waals surface area contributed by atoms with Crippen LogP contribution in [-0.2, 0) is 0 Å². The van der Waals surface area contributed by atoms with Gasteiger partial charge in [0.1, 0.15) is 11.9 Å². The molecule has 0 aromatic heterocycles. The number of halogens is 2. The van der Waals surface area contributed by atoms with Crippen molar-refractivity contribution in [3.63, 3.8) is 0 Å². The first-order valence-electron chi connectivity index (χ1n) is 7.71. The molecule has 0 spiro atoms. The lowest BCUT2D eigenvalue weighted by Crippen LogP contribution is -1.94. The first-order valence-corrected chi connectivity index (χ1v) is 9.30. The Bertz CT molecular complexity index is 675. The average Bonchev–Trinajstić information content (AvgIpc) is 2.52.